The Hall–Kier alpha value is -2.74. The van der Waals surface area contributed by atoms with Crippen molar-refractivity contribution < 1.29 is 9.53 Å². The summed E-state index contributed by atoms with van der Waals surface area (Å²) < 4.78 is 7.99. The lowest BCUT2D eigenvalue weighted by Crippen LogP contribution is -2.60. The monoisotopic (exact) mass is 451 g/mol. The van der Waals surface area contributed by atoms with Gasteiger partial charge in [0.15, 0.2) is 0 Å². The van der Waals surface area contributed by atoms with Gasteiger partial charge in [-0.3, -0.25) is 9.78 Å². The zero-order valence-corrected chi connectivity index (χ0v) is 19.0. The third-order valence-corrected chi connectivity index (χ3v) is 6.71. The van der Waals surface area contributed by atoms with E-state index in [0.29, 0.717) is 11.6 Å². The fourth-order valence-corrected chi connectivity index (χ4v) is 4.95. The van der Waals surface area contributed by atoms with E-state index in [0.717, 1.165) is 42.0 Å². The SMILES string of the molecule is CN1CC2(CC(N(C)C(=O)Cn3cnc(-c4ccc(Cl)cc4)c3-c3ccncc3)CO2)C1. The number of pyridine rings is 1. The van der Waals surface area contributed by atoms with E-state index in [1.807, 2.05) is 52.9 Å². The largest absolute Gasteiger partial charge is 0.370 e. The van der Waals surface area contributed by atoms with Crippen LogP contribution >= 0.6 is 11.6 Å². The summed E-state index contributed by atoms with van der Waals surface area (Å²) in [7, 11) is 3.97. The Morgan fingerprint density at radius 2 is 1.91 bits per heavy atom. The van der Waals surface area contributed by atoms with Crippen molar-refractivity contribution in [2.45, 2.75) is 24.6 Å². The first-order valence-electron chi connectivity index (χ1n) is 10.7. The minimum atomic E-state index is -0.0765. The van der Waals surface area contributed by atoms with Crippen LogP contribution in [0.3, 0.4) is 0 Å². The first-order chi connectivity index (χ1) is 15.4. The standard InChI is InChI=1S/C24H26ClN5O2/c1-28-14-24(15-28)11-20(13-32-24)29(2)21(31)12-30-16-27-22(17-3-5-19(25)6-4-17)23(30)18-7-9-26-10-8-18/h3-10,16,20H,11-15H2,1-2H3. The second-order valence-corrected chi connectivity index (χ2v) is 9.28. The van der Waals surface area contributed by atoms with Gasteiger partial charge in [0.2, 0.25) is 5.91 Å². The van der Waals surface area contributed by atoms with Crippen molar-refractivity contribution >= 4 is 17.5 Å². The van der Waals surface area contributed by atoms with Crippen LogP contribution < -0.4 is 0 Å². The molecule has 0 radical (unpaired) electrons. The van der Waals surface area contributed by atoms with Crippen LogP contribution in [-0.2, 0) is 16.1 Å². The van der Waals surface area contributed by atoms with Crippen LogP contribution in [0.4, 0.5) is 0 Å². The van der Waals surface area contributed by atoms with E-state index < -0.39 is 0 Å². The molecule has 1 aromatic carbocycles. The normalized spacial score (nSPS) is 19.8. The maximum absolute atomic E-state index is 13.2. The van der Waals surface area contributed by atoms with Gasteiger partial charge in [-0.25, -0.2) is 4.98 Å². The Morgan fingerprint density at radius 1 is 1.19 bits per heavy atom. The van der Waals surface area contributed by atoms with Crippen molar-refractivity contribution in [3.8, 4) is 22.5 Å². The number of halogens is 1. The molecule has 2 aliphatic rings. The van der Waals surface area contributed by atoms with Gasteiger partial charge in [0.25, 0.3) is 0 Å². The quantitative estimate of drug-likeness (QED) is 0.596. The van der Waals surface area contributed by atoms with Gasteiger partial charge in [-0.1, -0.05) is 23.7 Å². The van der Waals surface area contributed by atoms with Gasteiger partial charge >= 0.3 is 0 Å². The minimum absolute atomic E-state index is 0.0405. The number of nitrogens with zero attached hydrogens (tertiary/aromatic N) is 5. The van der Waals surface area contributed by atoms with Crippen LogP contribution in [0, 0.1) is 0 Å². The van der Waals surface area contributed by atoms with E-state index in [9.17, 15) is 4.79 Å². The summed E-state index contributed by atoms with van der Waals surface area (Å²) in [5.41, 5.74) is 3.52. The molecule has 2 aromatic heterocycles. The van der Waals surface area contributed by atoms with Gasteiger partial charge in [0.05, 0.1) is 36.0 Å². The summed E-state index contributed by atoms with van der Waals surface area (Å²) in [6.45, 7) is 2.67. The van der Waals surface area contributed by atoms with Crippen LogP contribution in [0.5, 0.6) is 0 Å². The maximum atomic E-state index is 13.2. The number of hydrogen-bond donors (Lipinski definition) is 0. The van der Waals surface area contributed by atoms with Crippen molar-refractivity contribution in [3.05, 3.63) is 60.1 Å². The predicted molar refractivity (Wildman–Crippen MR) is 123 cm³/mol. The predicted octanol–water partition coefficient (Wildman–Crippen LogP) is 3.20. The number of aromatic nitrogens is 3. The number of likely N-dealkylation sites (N-methyl/N-ethyl adjacent to an activating group) is 2. The summed E-state index contributed by atoms with van der Waals surface area (Å²) in [5, 5.41) is 0.671. The van der Waals surface area contributed by atoms with Crippen LogP contribution in [0.15, 0.2) is 55.1 Å². The summed E-state index contributed by atoms with van der Waals surface area (Å²) in [6, 6.07) is 11.5. The molecular formula is C24H26ClN5O2. The molecule has 2 aliphatic heterocycles. The highest BCUT2D eigenvalue weighted by Crippen LogP contribution is 2.36. The van der Waals surface area contributed by atoms with Crippen molar-refractivity contribution in [1.82, 2.24) is 24.3 Å². The molecule has 3 aromatic rings. The molecule has 0 aliphatic carbocycles. The Morgan fingerprint density at radius 3 is 2.59 bits per heavy atom. The average molecular weight is 452 g/mol. The molecule has 0 N–H and O–H groups in total. The molecule has 0 bridgehead atoms. The van der Waals surface area contributed by atoms with E-state index in [1.165, 1.54) is 0 Å². The molecule has 8 heteroatoms. The summed E-state index contributed by atoms with van der Waals surface area (Å²) in [5.74, 6) is 0.0405. The van der Waals surface area contributed by atoms with E-state index in [4.69, 9.17) is 16.3 Å². The van der Waals surface area contributed by atoms with E-state index in [-0.39, 0.29) is 24.1 Å². The molecule has 1 atom stereocenters. The highest BCUT2D eigenvalue weighted by molar-refractivity contribution is 6.30. The molecule has 2 saturated heterocycles. The topological polar surface area (TPSA) is 63.5 Å². The van der Waals surface area contributed by atoms with E-state index in [2.05, 4.69) is 21.9 Å². The van der Waals surface area contributed by atoms with Gasteiger partial charge in [-0.05, 0) is 31.3 Å². The lowest BCUT2D eigenvalue weighted by atomic mass is 9.90. The Kier molecular flexibility index (Phi) is 5.49. The molecule has 2 fully saturated rings. The van der Waals surface area contributed by atoms with Gasteiger partial charge in [-0.2, -0.15) is 0 Å². The third-order valence-electron chi connectivity index (χ3n) is 6.46. The van der Waals surface area contributed by atoms with Gasteiger partial charge in [-0.15, -0.1) is 0 Å². The smallest absolute Gasteiger partial charge is 0.242 e. The van der Waals surface area contributed by atoms with Crippen LogP contribution in [0.2, 0.25) is 5.02 Å². The number of carbonyl (C=O) groups excluding carboxylic acids is 1. The van der Waals surface area contributed by atoms with Crippen molar-refractivity contribution in [2.24, 2.45) is 0 Å². The van der Waals surface area contributed by atoms with E-state index >= 15 is 0 Å². The minimum Gasteiger partial charge on any atom is -0.370 e. The Bertz CT molecular complexity index is 1110. The zero-order chi connectivity index (χ0) is 22.3. The van der Waals surface area contributed by atoms with Crippen molar-refractivity contribution in [1.29, 1.82) is 0 Å². The van der Waals surface area contributed by atoms with Crippen LogP contribution in [0.25, 0.3) is 22.5 Å². The van der Waals surface area contributed by atoms with Crippen molar-refractivity contribution in [2.75, 3.05) is 33.8 Å². The summed E-state index contributed by atoms with van der Waals surface area (Å²) in [4.78, 5) is 26.1. The van der Waals surface area contributed by atoms with Gasteiger partial charge in [0.1, 0.15) is 6.54 Å². The lowest BCUT2D eigenvalue weighted by molar-refractivity contribution is -0.132. The number of hydrogen-bond acceptors (Lipinski definition) is 5. The van der Waals surface area contributed by atoms with Crippen molar-refractivity contribution in [3.63, 3.8) is 0 Å². The Labute approximate surface area is 192 Å². The number of rotatable bonds is 5. The second-order valence-electron chi connectivity index (χ2n) is 8.84. The number of amides is 1. The lowest BCUT2D eigenvalue weighted by Gasteiger charge is -2.45. The molecule has 166 valence electrons. The molecule has 7 nitrogen and oxygen atoms in total. The van der Waals surface area contributed by atoms with Crippen LogP contribution in [-0.4, -0.2) is 75.7 Å². The maximum Gasteiger partial charge on any atom is 0.242 e. The average Bonchev–Trinajstić information content (AvgIpc) is 3.39. The van der Waals surface area contributed by atoms with Gasteiger partial charge < -0.3 is 19.1 Å². The molecule has 0 saturated carbocycles. The van der Waals surface area contributed by atoms with Crippen LogP contribution in [0.1, 0.15) is 6.42 Å². The number of likely N-dealkylation sites (tertiary alicyclic amines) is 1. The van der Waals surface area contributed by atoms with E-state index in [1.54, 1.807) is 18.7 Å². The highest BCUT2D eigenvalue weighted by atomic mass is 35.5. The first kappa shape index (κ1) is 21.1. The molecule has 4 heterocycles. The molecular weight excluding hydrogens is 426 g/mol. The fourth-order valence-electron chi connectivity index (χ4n) is 4.82. The van der Waals surface area contributed by atoms with Gasteiger partial charge in [0, 0.05) is 55.1 Å². The number of carbonyl (C=O) groups is 1. The molecule has 1 amide bonds. The highest BCUT2D eigenvalue weighted by Gasteiger charge is 2.49. The molecule has 1 unspecified atom stereocenters. The fraction of sp³-hybridized carbons (Fsp3) is 0.375. The third kappa shape index (κ3) is 3.92. The summed E-state index contributed by atoms with van der Waals surface area (Å²) >= 11 is 6.07. The number of imidazole rings is 1. The number of ether oxygens (including phenoxy) is 1. The second kappa shape index (κ2) is 8.31. The summed E-state index contributed by atoms with van der Waals surface area (Å²) in [6.07, 6.45) is 6.12. The zero-order valence-electron chi connectivity index (χ0n) is 18.2. The molecule has 1 spiro atoms. The molecule has 32 heavy (non-hydrogen) atoms. The molecule has 5 rings (SSSR count). The number of benzene rings is 1. The first-order valence-corrected chi connectivity index (χ1v) is 11.1. The Balaban J connectivity index is 1.40.